The monoisotopic (exact) mass is 474 g/mol. The Morgan fingerprint density at radius 1 is 1.18 bits per heavy atom. The van der Waals surface area contributed by atoms with E-state index in [9.17, 15) is 20.2 Å². The molecule has 1 N–H and O–H groups in total. The molecule has 0 spiro atoms. The maximum atomic E-state index is 11.3. The second kappa shape index (κ2) is 11.1. The van der Waals surface area contributed by atoms with Gasteiger partial charge in [0, 0.05) is 51.1 Å². The summed E-state index contributed by atoms with van der Waals surface area (Å²) < 4.78 is 2.06. The molecule has 2 heterocycles. The highest BCUT2D eigenvalue weighted by Gasteiger charge is 2.15. The summed E-state index contributed by atoms with van der Waals surface area (Å²) in [5.74, 6) is -1.32. The number of nitrogens with zero attached hydrogens (tertiary/aromatic N) is 4. The number of hydrogen-bond donors (Lipinski definition) is 1. The minimum absolute atomic E-state index is 0.0226. The Kier molecular flexibility index (Phi) is 7.96. The van der Waals surface area contributed by atoms with Gasteiger partial charge in [0.25, 0.3) is 5.69 Å². The number of non-ortho nitro benzene ring substituents is 1. The van der Waals surface area contributed by atoms with Crippen molar-refractivity contribution in [3.8, 4) is 12.1 Å². The molecule has 1 aromatic carbocycles. The van der Waals surface area contributed by atoms with Gasteiger partial charge in [0.15, 0.2) is 0 Å². The maximum Gasteiger partial charge on any atom is 0.346 e. The van der Waals surface area contributed by atoms with Crippen molar-refractivity contribution in [1.82, 2.24) is 4.57 Å². The molecular weight excluding hydrogens is 452 g/mol. The lowest BCUT2D eigenvalue weighted by Crippen LogP contribution is -1.96. The number of carboxylic acid groups (broad SMARTS) is 1. The summed E-state index contributed by atoms with van der Waals surface area (Å²) in [6.45, 7) is 2.91. The SMILES string of the molecule is CCCCCCn1cc(/C=C(\C#N)c2ccc(/C=C(/C#N)C(=O)O)s2)c2cc([N+](=O)[O-])ccc21. The first-order valence-corrected chi connectivity index (χ1v) is 11.5. The van der Waals surface area contributed by atoms with Crippen LogP contribution in [0.5, 0.6) is 0 Å². The number of nitriles is 2. The van der Waals surface area contributed by atoms with Gasteiger partial charge < -0.3 is 9.67 Å². The van der Waals surface area contributed by atoms with Crippen molar-refractivity contribution in [2.75, 3.05) is 0 Å². The van der Waals surface area contributed by atoms with Gasteiger partial charge in [0.2, 0.25) is 0 Å². The molecule has 3 rings (SSSR count). The predicted molar refractivity (Wildman–Crippen MR) is 132 cm³/mol. The molecule has 0 aliphatic heterocycles. The zero-order chi connectivity index (χ0) is 24.7. The number of rotatable bonds is 10. The van der Waals surface area contributed by atoms with Crippen LogP contribution in [0.2, 0.25) is 0 Å². The molecule has 0 atom stereocenters. The van der Waals surface area contributed by atoms with Gasteiger partial charge in [-0.2, -0.15) is 10.5 Å². The lowest BCUT2D eigenvalue weighted by atomic mass is 10.1. The van der Waals surface area contributed by atoms with E-state index in [2.05, 4.69) is 17.6 Å². The molecule has 0 aliphatic carbocycles. The van der Waals surface area contributed by atoms with Crippen molar-refractivity contribution in [3.05, 3.63) is 67.5 Å². The average molecular weight is 475 g/mol. The second-order valence-corrected chi connectivity index (χ2v) is 8.76. The highest BCUT2D eigenvalue weighted by Crippen LogP contribution is 2.32. The molecule has 2 aromatic heterocycles. The summed E-state index contributed by atoms with van der Waals surface area (Å²) in [7, 11) is 0. The van der Waals surface area contributed by atoms with E-state index in [4.69, 9.17) is 10.4 Å². The van der Waals surface area contributed by atoms with Gasteiger partial charge in [-0.05, 0) is 36.8 Å². The fraction of sp³-hybridized carbons (Fsp3) is 0.240. The van der Waals surface area contributed by atoms with Crippen LogP contribution in [0.3, 0.4) is 0 Å². The third-order valence-corrected chi connectivity index (χ3v) is 6.37. The van der Waals surface area contributed by atoms with Crippen LogP contribution in [0.15, 0.2) is 42.1 Å². The largest absolute Gasteiger partial charge is 0.477 e. The summed E-state index contributed by atoms with van der Waals surface area (Å²) in [6, 6.07) is 11.9. The molecular formula is C25H22N4O4S. The van der Waals surface area contributed by atoms with Crippen LogP contribution in [-0.2, 0) is 11.3 Å². The molecule has 9 heteroatoms. The number of thiophene rings is 1. The molecule has 0 bridgehead atoms. The number of aryl methyl sites for hydroxylation is 1. The minimum Gasteiger partial charge on any atom is -0.477 e. The first kappa shape index (κ1) is 24.4. The van der Waals surface area contributed by atoms with E-state index >= 15 is 0 Å². The molecule has 0 amide bonds. The molecule has 172 valence electrons. The molecule has 0 fully saturated rings. The van der Waals surface area contributed by atoms with Crippen molar-refractivity contribution in [2.24, 2.45) is 0 Å². The maximum absolute atomic E-state index is 11.3. The number of fused-ring (bicyclic) bond motifs is 1. The minimum atomic E-state index is -1.32. The number of benzene rings is 1. The molecule has 0 unspecified atom stereocenters. The molecule has 0 saturated carbocycles. The fourth-order valence-electron chi connectivity index (χ4n) is 3.61. The summed E-state index contributed by atoms with van der Waals surface area (Å²) in [6.07, 6.45) is 9.19. The number of aliphatic carboxylic acids is 1. The fourth-order valence-corrected chi connectivity index (χ4v) is 4.53. The summed E-state index contributed by atoms with van der Waals surface area (Å²) >= 11 is 1.19. The van der Waals surface area contributed by atoms with E-state index in [-0.39, 0.29) is 5.69 Å². The Bertz CT molecular complexity index is 1380. The van der Waals surface area contributed by atoms with Crippen LogP contribution in [0.4, 0.5) is 5.69 Å². The molecule has 0 radical (unpaired) electrons. The Balaban J connectivity index is 2.04. The highest BCUT2D eigenvalue weighted by atomic mass is 32.1. The van der Waals surface area contributed by atoms with E-state index in [0.717, 1.165) is 37.7 Å². The van der Waals surface area contributed by atoms with Crippen molar-refractivity contribution in [2.45, 2.75) is 39.2 Å². The van der Waals surface area contributed by atoms with Crippen LogP contribution < -0.4 is 0 Å². The lowest BCUT2D eigenvalue weighted by molar-refractivity contribution is -0.384. The zero-order valence-corrected chi connectivity index (χ0v) is 19.3. The van der Waals surface area contributed by atoms with E-state index in [1.165, 1.54) is 29.5 Å². The van der Waals surface area contributed by atoms with Crippen molar-refractivity contribution in [3.63, 3.8) is 0 Å². The third-order valence-electron chi connectivity index (χ3n) is 5.31. The number of nitro benzene ring substituents is 1. The van der Waals surface area contributed by atoms with Gasteiger partial charge in [0.1, 0.15) is 17.7 Å². The van der Waals surface area contributed by atoms with Crippen molar-refractivity contribution < 1.29 is 14.8 Å². The highest BCUT2D eigenvalue weighted by molar-refractivity contribution is 7.14. The smallest absolute Gasteiger partial charge is 0.346 e. The zero-order valence-electron chi connectivity index (χ0n) is 18.5. The number of unbranched alkanes of at least 4 members (excludes halogenated alkanes) is 3. The van der Waals surface area contributed by atoms with Crippen molar-refractivity contribution in [1.29, 1.82) is 10.5 Å². The number of hydrogen-bond acceptors (Lipinski definition) is 6. The van der Waals surface area contributed by atoms with Crippen LogP contribution >= 0.6 is 11.3 Å². The Labute approximate surface area is 200 Å². The van der Waals surface area contributed by atoms with Gasteiger partial charge in [-0.3, -0.25) is 10.1 Å². The lowest BCUT2D eigenvalue weighted by Gasteiger charge is -2.04. The predicted octanol–water partition coefficient (Wildman–Crippen LogP) is 6.25. The Hall–Kier alpha value is -4.21. The number of allylic oxidation sites excluding steroid dienone is 1. The van der Waals surface area contributed by atoms with E-state index < -0.39 is 16.5 Å². The average Bonchev–Trinajstić information content (AvgIpc) is 3.42. The standard InChI is InChI=1S/C25H22N4O4S/c1-2-3-4-5-10-28-16-19(22-13-20(29(32)33)6-8-23(22)28)11-17(14-26)24-9-7-21(34-24)12-18(15-27)25(30)31/h6-9,11-13,16H,2-5,10H2,1H3,(H,30,31)/b17-11+,18-12-. The topological polar surface area (TPSA) is 133 Å². The number of aromatic nitrogens is 1. The van der Waals surface area contributed by atoms with Crippen LogP contribution in [0, 0.1) is 32.8 Å². The molecule has 3 aromatic rings. The van der Waals surface area contributed by atoms with Crippen LogP contribution in [0.25, 0.3) is 28.6 Å². The molecule has 8 nitrogen and oxygen atoms in total. The van der Waals surface area contributed by atoms with Crippen LogP contribution in [0.1, 0.15) is 47.9 Å². The molecule has 0 aliphatic rings. The Morgan fingerprint density at radius 2 is 1.97 bits per heavy atom. The second-order valence-electron chi connectivity index (χ2n) is 7.64. The Morgan fingerprint density at radius 3 is 2.62 bits per heavy atom. The molecule has 0 saturated heterocycles. The summed E-state index contributed by atoms with van der Waals surface area (Å²) in [5.41, 5.74) is 1.48. The quantitative estimate of drug-likeness (QED) is 0.121. The van der Waals surface area contributed by atoms with Gasteiger partial charge in [-0.1, -0.05) is 26.2 Å². The first-order chi connectivity index (χ1) is 16.4. The van der Waals surface area contributed by atoms with Gasteiger partial charge in [-0.25, -0.2) is 4.79 Å². The van der Waals surface area contributed by atoms with Crippen LogP contribution in [-0.4, -0.2) is 20.6 Å². The number of carboxylic acids is 1. The van der Waals surface area contributed by atoms with E-state index in [0.29, 0.717) is 26.3 Å². The first-order valence-electron chi connectivity index (χ1n) is 10.7. The number of nitro groups is 1. The van der Waals surface area contributed by atoms with E-state index in [1.807, 2.05) is 6.20 Å². The van der Waals surface area contributed by atoms with Crippen molar-refractivity contribution >= 4 is 51.6 Å². The molecule has 34 heavy (non-hydrogen) atoms. The third kappa shape index (κ3) is 5.58. The number of carbonyl (C=O) groups is 1. The van der Waals surface area contributed by atoms with Gasteiger partial charge >= 0.3 is 5.97 Å². The van der Waals surface area contributed by atoms with E-state index in [1.54, 1.807) is 30.3 Å². The summed E-state index contributed by atoms with van der Waals surface area (Å²) in [5, 5.41) is 39.8. The van der Waals surface area contributed by atoms with Gasteiger partial charge in [-0.15, -0.1) is 11.3 Å². The van der Waals surface area contributed by atoms with Gasteiger partial charge in [0.05, 0.1) is 10.5 Å². The normalized spacial score (nSPS) is 11.9. The summed E-state index contributed by atoms with van der Waals surface area (Å²) in [4.78, 5) is 23.1.